The molecule has 0 bridgehead atoms. The number of alkyl halides is 6. The van der Waals surface area contributed by atoms with Crippen molar-refractivity contribution in [3.8, 4) is 5.75 Å². The third kappa shape index (κ3) is 6.07. The molecule has 3 aromatic rings. The van der Waals surface area contributed by atoms with Crippen molar-refractivity contribution in [2.24, 2.45) is 0 Å². The van der Waals surface area contributed by atoms with Gasteiger partial charge in [0.2, 0.25) is 5.91 Å². The summed E-state index contributed by atoms with van der Waals surface area (Å²) < 4.78 is 94.4. The van der Waals surface area contributed by atoms with E-state index in [4.69, 9.17) is 0 Å². The van der Waals surface area contributed by atoms with Gasteiger partial charge in [-0.2, -0.15) is 13.2 Å². The zero-order valence-electron chi connectivity index (χ0n) is 20.1. The fourth-order valence-electron chi connectivity index (χ4n) is 4.44. The molecule has 4 rings (SSSR count). The van der Waals surface area contributed by atoms with E-state index < -0.39 is 53.3 Å². The molecule has 202 valence electrons. The molecular formula is C26H22F7N3O2. The van der Waals surface area contributed by atoms with E-state index in [-0.39, 0.29) is 12.1 Å². The van der Waals surface area contributed by atoms with Crippen LogP contribution in [0.1, 0.15) is 43.1 Å². The SMILES string of the molecule is CC(C)(N[C@@H]1CC(c2cccc(F)c2)N(c2ccc(OC(F)(F)F)cc2)C1=O)c1ccc(C(F)(F)F)nc1. The average Bonchev–Trinajstić information content (AvgIpc) is 3.13. The highest BCUT2D eigenvalue weighted by molar-refractivity contribution is 6.00. The Morgan fingerprint density at radius 2 is 1.66 bits per heavy atom. The van der Waals surface area contributed by atoms with Crippen LogP contribution < -0.4 is 15.0 Å². The molecule has 2 atom stereocenters. The predicted octanol–water partition coefficient (Wildman–Crippen LogP) is 6.51. The van der Waals surface area contributed by atoms with E-state index in [0.717, 1.165) is 24.4 Å². The van der Waals surface area contributed by atoms with Crippen LogP contribution in [0, 0.1) is 5.82 Å². The second kappa shape index (κ2) is 9.90. The first-order valence-electron chi connectivity index (χ1n) is 11.4. The molecule has 0 radical (unpaired) electrons. The highest BCUT2D eigenvalue weighted by atomic mass is 19.4. The fourth-order valence-corrected chi connectivity index (χ4v) is 4.44. The number of halogens is 7. The first-order chi connectivity index (χ1) is 17.6. The van der Waals surface area contributed by atoms with Gasteiger partial charge in [0.25, 0.3) is 0 Å². The topological polar surface area (TPSA) is 54.5 Å². The smallest absolute Gasteiger partial charge is 0.406 e. The number of pyridine rings is 1. The number of carbonyl (C=O) groups excluding carboxylic acids is 1. The summed E-state index contributed by atoms with van der Waals surface area (Å²) in [4.78, 5) is 18.4. The monoisotopic (exact) mass is 541 g/mol. The molecule has 0 aliphatic carbocycles. The lowest BCUT2D eigenvalue weighted by atomic mass is 9.93. The number of hydrogen-bond donors (Lipinski definition) is 1. The van der Waals surface area contributed by atoms with E-state index in [1.807, 2.05) is 0 Å². The molecule has 2 heterocycles. The molecule has 1 unspecified atom stereocenters. The number of ether oxygens (including phenoxy) is 1. The van der Waals surface area contributed by atoms with E-state index in [9.17, 15) is 35.5 Å². The van der Waals surface area contributed by atoms with Gasteiger partial charge in [-0.25, -0.2) is 4.39 Å². The molecule has 2 aromatic carbocycles. The molecule has 12 heteroatoms. The maximum atomic E-state index is 14.0. The molecule has 0 saturated carbocycles. The number of hydrogen-bond acceptors (Lipinski definition) is 4. The zero-order chi connectivity index (χ0) is 27.9. The van der Waals surface area contributed by atoms with Gasteiger partial charge >= 0.3 is 12.5 Å². The van der Waals surface area contributed by atoms with Crippen molar-refractivity contribution in [3.05, 3.63) is 89.5 Å². The van der Waals surface area contributed by atoms with Crippen LogP contribution in [0.5, 0.6) is 5.75 Å². The molecule has 1 N–H and O–H groups in total. The van der Waals surface area contributed by atoms with Crippen LogP contribution in [0.2, 0.25) is 0 Å². The van der Waals surface area contributed by atoms with Gasteiger partial charge in [0.05, 0.1) is 12.1 Å². The Morgan fingerprint density at radius 3 is 2.21 bits per heavy atom. The lowest BCUT2D eigenvalue weighted by Gasteiger charge is -2.30. The van der Waals surface area contributed by atoms with Crippen molar-refractivity contribution >= 4 is 11.6 Å². The van der Waals surface area contributed by atoms with E-state index in [1.54, 1.807) is 19.9 Å². The minimum absolute atomic E-state index is 0.153. The van der Waals surface area contributed by atoms with Crippen molar-refractivity contribution in [1.29, 1.82) is 0 Å². The van der Waals surface area contributed by atoms with Crippen molar-refractivity contribution in [2.75, 3.05) is 4.90 Å². The number of benzene rings is 2. The summed E-state index contributed by atoms with van der Waals surface area (Å²) in [5.74, 6) is -1.45. The van der Waals surface area contributed by atoms with Crippen molar-refractivity contribution < 1.29 is 40.3 Å². The van der Waals surface area contributed by atoms with Crippen molar-refractivity contribution in [1.82, 2.24) is 10.3 Å². The minimum atomic E-state index is -4.89. The van der Waals surface area contributed by atoms with Crippen LogP contribution >= 0.6 is 0 Å². The summed E-state index contributed by atoms with van der Waals surface area (Å²) in [5, 5.41) is 3.16. The summed E-state index contributed by atoms with van der Waals surface area (Å²) in [6.45, 7) is 3.35. The number of aromatic nitrogens is 1. The third-order valence-electron chi connectivity index (χ3n) is 6.20. The summed E-state index contributed by atoms with van der Waals surface area (Å²) >= 11 is 0. The number of anilines is 1. The first-order valence-corrected chi connectivity index (χ1v) is 11.4. The lowest BCUT2D eigenvalue weighted by Crippen LogP contribution is -2.47. The number of nitrogens with zero attached hydrogens (tertiary/aromatic N) is 2. The molecule has 0 spiro atoms. The van der Waals surface area contributed by atoms with Gasteiger partial charge in [0.1, 0.15) is 17.3 Å². The Labute approximate surface area is 213 Å². The fraction of sp³-hybridized carbons (Fsp3) is 0.308. The Kier molecular flexibility index (Phi) is 7.13. The second-order valence-electron chi connectivity index (χ2n) is 9.31. The van der Waals surface area contributed by atoms with Crippen LogP contribution in [-0.2, 0) is 16.5 Å². The van der Waals surface area contributed by atoms with Crippen LogP contribution in [-0.4, -0.2) is 23.3 Å². The predicted molar refractivity (Wildman–Crippen MR) is 124 cm³/mol. The number of carbonyl (C=O) groups is 1. The van der Waals surface area contributed by atoms with E-state index in [1.165, 1.54) is 41.3 Å². The van der Waals surface area contributed by atoms with Gasteiger partial charge in [0, 0.05) is 17.4 Å². The molecule has 1 aliphatic heterocycles. The number of nitrogens with one attached hydrogen (secondary N) is 1. The molecule has 1 aromatic heterocycles. The van der Waals surface area contributed by atoms with Crippen LogP contribution in [0.15, 0.2) is 66.9 Å². The van der Waals surface area contributed by atoms with E-state index >= 15 is 0 Å². The van der Waals surface area contributed by atoms with Gasteiger partial charge in [-0.05, 0) is 73.9 Å². The largest absolute Gasteiger partial charge is 0.573 e. The lowest BCUT2D eigenvalue weighted by molar-refractivity contribution is -0.274. The number of rotatable bonds is 6. The van der Waals surface area contributed by atoms with E-state index in [2.05, 4.69) is 15.0 Å². The molecular weight excluding hydrogens is 519 g/mol. The van der Waals surface area contributed by atoms with Gasteiger partial charge in [0.15, 0.2) is 0 Å². The highest BCUT2D eigenvalue weighted by Crippen LogP contribution is 2.40. The van der Waals surface area contributed by atoms with Gasteiger partial charge in [-0.1, -0.05) is 18.2 Å². The molecule has 1 fully saturated rings. The Morgan fingerprint density at radius 1 is 0.974 bits per heavy atom. The maximum Gasteiger partial charge on any atom is 0.573 e. The Bertz CT molecular complexity index is 1290. The van der Waals surface area contributed by atoms with Crippen LogP contribution in [0.3, 0.4) is 0 Å². The molecule has 1 saturated heterocycles. The minimum Gasteiger partial charge on any atom is -0.406 e. The summed E-state index contributed by atoms with van der Waals surface area (Å²) in [6.07, 6.45) is -8.25. The standard InChI is InChI=1S/C26H22F7N3O2/c1-24(2,16-6-11-22(34-14-16)25(28,29)30)35-20-13-21(15-4-3-5-17(27)12-15)36(23(20)37)18-7-9-19(10-8-18)38-26(31,32)33/h3-12,14,20-21,35H,13H2,1-2H3/t20-,21?/m1/s1. The summed E-state index contributed by atoms with van der Waals surface area (Å²) in [7, 11) is 0. The summed E-state index contributed by atoms with van der Waals surface area (Å²) in [5.41, 5.74) is -0.925. The van der Waals surface area contributed by atoms with Gasteiger partial charge in [-0.15, -0.1) is 13.2 Å². The van der Waals surface area contributed by atoms with Crippen LogP contribution in [0.25, 0.3) is 0 Å². The quantitative estimate of drug-likeness (QED) is 0.362. The molecule has 1 aliphatic rings. The van der Waals surface area contributed by atoms with Crippen molar-refractivity contribution in [3.63, 3.8) is 0 Å². The van der Waals surface area contributed by atoms with Gasteiger partial charge < -0.3 is 9.64 Å². The average molecular weight is 541 g/mol. The molecule has 38 heavy (non-hydrogen) atoms. The van der Waals surface area contributed by atoms with Crippen LogP contribution in [0.4, 0.5) is 36.4 Å². The highest BCUT2D eigenvalue weighted by Gasteiger charge is 2.44. The Balaban J connectivity index is 1.63. The zero-order valence-corrected chi connectivity index (χ0v) is 20.1. The molecule has 1 amide bonds. The second-order valence-corrected chi connectivity index (χ2v) is 9.31. The number of amides is 1. The van der Waals surface area contributed by atoms with Crippen molar-refractivity contribution in [2.45, 2.75) is 50.4 Å². The summed E-state index contributed by atoms with van der Waals surface area (Å²) in [6, 6.07) is 10.9. The van der Waals surface area contributed by atoms with Gasteiger partial charge in [-0.3, -0.25) is 15.1 Å². The van der Waals surface area contributed by atoms with E-state index in [0.29, 0.717) is 11.1 Å². The normalized spacial score (nSPS) is 18.7. The first kappa shape index (κ1) is 27.4. The maximum absolute atomic E-state index is 14.0. The Hall–Kier alpha value is -3.67. The molecule has 5 nitrogen and oxygen atoms in total. The third-order valence-corrected chi connectivity index (χ3v) is 6.20.